The first-order valence-corrected chi connectivity index (χ1v) is 8.85. The lowest BCUT2D eigenvalue weighted by Crippen LogP contribution is -2.48. The molecule has 1 saturated carbocycles. The molecule has 1 amide bonds. The maximum absolute atomic E-state index is 12.5. The number of carbonyl (C=O) groups excluding carboxylic acids is 2. The second-order valence-corrected chi connectivity index (χ2v) is 7.66. The fourth-order valence-electron chi connectivity index (χ4n) is 2.54. The van der Waals surface area contributed by atoms with E-state index in [-0.39, 0.29) is 24.9 Å². The van der Waals surface area contributed by atoms with Gasteiger partial charge in [-0.25, -0.2) is 8.42 Å². The first-order chi connectivity index (χ1) is 9.45. The van der Waals surface area contributed by atoms with Crippen LogP contribution in [0.4, 0.5) is 0 Å². The molecule has 1 unspecified atom stereocenters. The van der Waals surface area contributed by atoms with E-state index in [1.54, 1.807) is 6.92 Å². The number of carbonyl (C=O) groups is 2. The monoisotopic (exact) mass is 303 g/mol. The van der Waals surface area contributed by atoms with E-state index in [2.05, 4.69) is 0 Å². The minimum absolute atomic E-state index is 0.00373. The molecule has 0 aromatic rings. The van der Waals surface area contributed by atoms with E-state index in [1.165, 1.54) is 4.90 Å². The summed E-state index contributed by atoms with van der Waals surface area (Å²) in [6, 6.07) is 0.00373. The average Bonchev–Trinajstić information content (AvgIpc) is 3.19. The summed E-state index contributed by atoms with van der Waals surface area (Å²) in [5.41, 5.74) is 0. The molecular formula is C13H21NO5S. The first kappa shape index (κ1) is 15.3. The summed E-state index contributed by atoms with van der Waals surface area (Å²) in [6.45, 7) is 1.82. The highest BCUT2D eigenvalue weighted by Crippen LogP contribution is 2.30. The molecule has 0 aromatic heterocycles. The van der Waals surface area contributed by atoms with Gasteiger partial charge in [0.2, 0.25) is 5.91 Å². The van der Waals surface area contributed by atoms with Gasteiger partial charge in [-0.3, -0.25) is 9.59 Å². The van der Waals surface area contributed by atoms with Crippen molar-refractivity contribution < 1.29 is 22.7 Å². The molecule has 0 bridgehead atoms. The van der Waals surface area contributed by atoms with Crippen molar-refractivity contribution in [3.8, 4) is 0 Å². The molecule has 2 fully saturated rings. The molecule has 114 valence electrons. The van der Waals surface area contributed by atoms with Gasteiger partial charge in [0.15, 0.2) is 9.84 Å². The van der Waals surface area contributed by atoms with Gasteiger partial charge in [-0.1, -0.05) is 6.42 Å². The largest absolute Gasteiger partial charge is 0.465 e. The molecule has 2 rings (SSSR count). The normalized spacial score (nSPS) is 24.9. The Kier molecular flexibility index (Phi) is 4.67. The van der Waals surface area contributed by atoms with Crippen molar-refractivity contribution >= 4 is 21.7 Å². The molecule has 0 aromatic carbocycles. The van der Waals surface area contributed by atoms with Gasteiger partial charge in [0.1, 0.15) is 11.8 Å². The predicted molar refractivity (Wildman–Crippen MR) is 72.8 cm³/mol. The maximum atomic E-state index is 12.5. The number of rotatable bonds is 5. The molecular weight excluding hydrogens is 282 g/mol. The zero-order valence-electron chi connectivity index (χ0n) is 11.7. The second-order valence-electron chi connectivity index (χ2n) is 5.35. The fraction of sp³-hybridized carbons (Fsp3) is 0.846. The number of amides is 1. The first-order valence-electron chi connectivity index (χ1n) is 7.13. The van der Waals surface area contributed by atoms with Gasteiger partial charge in [-0.15, -0.1) is 0 Å². The summed E-state index contributed by atoms with van der Waals surface area (Å²) >= 11 is 0. The van der Waals surface area contributed by atoms with Gasteiger partial charge in [0.25, 0.3) is 0 Å². The number of ether oxygens (including phenoxy) is 1. The second kappa shape index (κ2) is 6.11. The maximum Gasteiger partial charge on any atom is 0.325 e. The van der Waals surface area contributed by atoms with Crippen LogP contribution in [0.1, 0.15) is 39.0 Å². The molecule has 1 heterocycles. The molecule has 1 aliphatic heterocycles. The van der Waals surface area contributed by atoms with E-state index in [1.807, 2.05) is 0 Å². The van der Waals surface area contributed by atoms with Gasteiger partial charge in [-0.2, -0.15) is 0 Å². The van der Waals surface area contributed by atoms with Gasteiger partial charge >= 0.3 is 5.97 Å². The number of hydrogen-bond donors (Lipinski definition) is 0. The van der Waals surface area contributed by atoms with Crippen molar-refractivity contribution in [1.82, 2.24) is 4.90 Å². The third-order valence-corrected chi connectivity index (χ3v) is 5.89. The van der Waals surface area contributed by atoms with Crippen LogP contribution in [0.15, 0.2) is 0 Å². The Morgan fingerprint density at radius 2 is 1.90 bits per heavy atom. The summed E-state index contributed by atoms with van der Waals surface area (Å²) in [6.07, 6.45) is 3.39. The third-order valence-electron chi connectivity index (χ3n) is 3.73. The summed E-state index contributed by atoms with van der Waals surface area (Å²) in [7, 11) is -3.36. The van der Waals surface area contributed by atoms with Crippen molar-refractivity contribution in [2.45, 2.75) is 50.3 Å². The smallest absolute Gasteiger partial charge is 0.325 e. The SMILES string of the molecule is CCOC(=O)CN(C(=O)C1CCCCS1(=O)=O)C1CC1. The van der Waals surface area contributed by atoms with Gasteiger partial charge in [0, 0.05) is 6.04 Å². The quantitative estimate of drug-likeness (QED) is 0.691. The fourth-order valence-corrected chi connectivity index (χ4v) is 4.40. The van der Waals surface area contributed by atoms with E-state index in [9.17, 15) is 18.0 Å². The standard InChI is InChI=1S/C13H21NO5S/c1-2-19-12(15)9-14(10-6-7-10)13(16)11-5-3-4-8-20(11,17)18/h10-11H,2-9H2,1H3. The average molecular weight is 303 g/mol. The topological polar surface area (TPSA) is 80.8 Å². The summed E-state index contributed by atoms with van der Waals surface area (Å²) in [4.78, 5) is 25.5. The highest BCUT2D eigenvalue weighted by atomic mass is 32.2. The van der Waals surface area contributed by atoms with E-state index in [0.29, 0.717) is 12.8 Å². The van der Waals surface area contributed by atoms with Gasteiger partial charge in [-0.05, 0) is 32.6 Å². The van der Waals surface area contributed by atoms with Crippen LogP contribution in [0.2, 0.25) is 0 Å². The minimum atomic E-state index is -3.36. The Hall–Kier alpha value is -1.11. The van der Waals surface area contributed by atoms with Crippen LogP contribution in [0, 0.1) is 0 Å². The molecule has 1 aliphatic carbocycles. The molecule has 0 spiro atoms. The lowest BCUT2D eigenvalue weighted by Gasteiger charge is -2.28. The van der Waals surface area contributed by atoms with Crippen molar-refractivity contribution in [2.75, 3.05) is 18.9 Å². The third kappa shape index (κ3) is 3.50. The number of sulfone groups is 1. The van der Waals surface area contributed by atoms with Crippen LogP contribution >= 0.6 is 0 Å². The van der Waals surface area contributed by atoms with Crippen LogP contribution < -0.4 is 0 Å². The Morgan fingerprint density at radius 1 is 1.20 bits per heavy atom. The molecule has 20 heavy (non-hydrogen) atoms. The van der Waals surface area contributed by atoms with E-state index < -0.39 is 27.0 Å². The Bertz CT molecular complexity index is 483. The van der Waals surface area contributed by atoms with Crippen molar-refractivity contribution in [1.29, 1.82) is 0 Å². The zero-order valence-corrected chi connectivity index (χ0v) is 12.5. The lowest BCUT2D eigenvalue weighted by atomic mass is 10.1. The molecule has 6 nitrogen and oxygen atoms in total. The highest BCUT2D eigenvalue weighted by Gasteiger charge is 2.42. The van der Waals surface area contributed by atoms with E-state index in [0.717, 1.165) is 19.3 Å². The van der Waals surface area contributed by atoms with E-state index >= 15 is 0 Å². The van der Waals surface area contributed by atoms with Crippen LogP contribution in [0.3, 0.4) is 0 Å². The summed E-state index contributed by atoms with van der Waals surface area (Å²) in [5, 5.41) is -0.966. The Labute approximate surface area is 119 Å². The summed E-state index contributed by atoms with van der Waals surface area (Å²) < 4.78 is 28.9. The minimum Gasteiger partial charge on any atom is -0.465 e. The summed E-state index contributed by atoms with van der Waals surface area (Å²) in [5.74, 6) is -0.817. The van der Waals surface area contributed by atoms with Gasteiger partial charge < -0.3 is 9.64 Å². The van der Waals surface area contributed by atoms with Crippen LogP contribution in [-0.2, 0) is 24.2 Å². The predicted octanol–water partition coefficient (Wildman–Crippen LogP) is 0.508. The highest BCUT2D eigenvalue weighted by molar-refractivity contribution is 7.92. The van der Waals surface area contributed by atoms with Gasteiger partial charge in [0.05, 0.1) is 12.4 Å². The van der Waals surface area contributed by atoms with Crippen LogP contribution in [-0.4, -0.2) is 55.4 Å². The molecule has 0 radical (unpaired) electrons. The lowest BCUT2D eigenvalue weighted by molar-refractivity contribution is -0.149. The van der Waals surface area contributed by atoms with E-state index in [4.69, 9.17) is 4.74 Å². The molecule has 1 atom stereocenters. The van der Waals surface area contributed by atoms with Crippen molar-refractivity contribution in [3.63, 3.8) is 0 Å². The molecule has 7 heteroatoms. The molecule has 2 aliphatic rings. The number of hydrogen-bond acceptors (Lipinski definition) is 5. The Morgan fingerprint density at radius 3 is 2.45 bits per heavy atom. The zero-order chi connectivity index (χ0) is 14.8. The van der Waals surface area contributed by atoms with Crippen LogP contribution in [0.5, 0.6) is 0 Å². The molecule has 1 saturated heterocycles. The van der Waals surface area contributed by atoms with Crippen molar-refractivity contribution in [2.24, 2.45) is 0 Å². The Balaban J connectivity index is 2.08. The van der Waals surface area contributed by atoms with Crippen LogP contribution in [0.25, 0.3) is 0 Å². The molecule has 0 N–H and O–H groups in total. The number of nitrogens with zero attached hydrogens (tertiary/aromatic N) is 1. The number of esters is 1. The van der Waals surface area contributed by atoms with Crippen molar-refractivity contribution in [3.05, 3.63) is 0 Å².